The molecular weight excluding hydrogens is 554 g/mol. The van der Waals surface area contributed by atoms with E-state index in [0.29, 0.717) is 41.4 Å². The van der Waals surface area contributed by atoms with E-state index in [0.717, 1.165) is 22.7 Å². The van der Waals surface area contributed by atoms with Gasteiger partial charge < -0.3 is 23.9 Å². The van der Waals surface area contributed by atoms with Crippen LogP contribution in [0.15, 0.2) is 72.8 Å². The lowest BCUT2D eigenvalue weighted by molar-refractivity contribution is 0.0485. The molecule has 3 aromatic carbocycles. The van der Waals surface area contributed by atoms with Crippen LogP contribution in [0.2, 0.25) is 0 Å². The van der Waals surface area contributed by atoms with Crippen LogP contribution < -0.4 is 4.74 Å². The summed E-state index contributed by atoms with van der Waals surface area (Å²) in [5.74, 6) is -0.00400. The number of fused-ring (bicyclic) bond motifs is 1. The number of nitrogens with zero attached hydrogens (tertiary/aromatic N) is 4. The predicted octanol–water partition coefficient (Wildman–Crippen LogP) is 5.74. The molecule has 0 spiro atoms. The molecule has 10 heteroatoms. The molecule has 0 amide bonds. The SMILES string of the molecule is COCCn1c(Cc2ccc(-c3cccc(OCc4ccc(C#N)cc4F)n3)cc2F)nc2ccc(C(CO)OC)cc21. The van der Waals surface area contributed by atoms with Crippen LogP contribution in [0.3, 0.4) is 0 Å². The Hall–Kier alpha value is -4.69. The highest BCUT2D eigenvalue weighted by atomic mass is 19.1. The van der Waals surface area contributed by atoms with Crippen LogP contribution in [0.5, 0.6) is 5.88 Å². The number of imidazole rings is 1. The van der Waals surface area contributed by atoms with Gasteiger partial charge in [-0.05, 0) is 47.5 Å². The standard InChI is InChI=1S/C33H30F2N4O4/c1-41-13-12-39-30-16-24(31(19-40)42-2)10-11-29(30)37-32(39)17-22-8-9-23(15-27(22)35)28-4-3-5-33(38-28)43-20-25-7-6-21(18-36)14-26(25)34/h3-11,14-16,31,40H,12-13,17,19-20H2,1-2H3. The summed E-state index contributed by atoms with van der Waals surface area (Å²) in [6.45, 7) is 0.738. The average molecular weight is 585 g/mol. The van der Waals surface area contributed by atoms with Gasteiger partial charge in [-0.25, -0.2) is 18.7 Å². The zero-order valence-corrected chi connectivity index (χ0v) is 23.8. The van der Waals surface area contributed by atoms with Gasteiger partial charge in [0.2, 0.25) is 5.88 Å². The van der Waals surface area contributed by atoms with Crippen molar-refractivity contribution < 1.29 is 28.1 Å². The molecule has 0 bridgehead atoms. The van der Waals surface area contributed by atoms with E-state index in [2.05, 4.69) is 4.98 Å². The molecule has 0 radical (unpaired) electrons. The molecule has 0 saturated heterocycles. The highest BCUT2D eigenvalue weighted by Gasteiger charge is 2.17. The van der Waals surface area contributed by atoms with Crippen molar-refractivity contribution in [1.29, 1.82) is 5.26 Å². The second kappa shape index (κ2) is 13.5. The van der Waals surface area contributed by atoms with Gasteiger partial charge in [0.25, 0.3) is 0 Å². The van der Waals surface area contributed by atoms with Crippen molar-refractivity contribution in [3.63, 3.8) is 0 Å². The van der Waals surface area contributed by atoms with Gasteiger partial charge in [-0.1, -0.05) is 30.3 Å². The highest BCUT2D eigenvalue weighted by molar-refractivity contribution is 5.77. The van der Waals surface area contributed by atoms with E-state index in [9.17, 15) is 9.50 Å². The van der Waals surface area contributed by atoms with Crippen molar-refractivity contribution in [1.82, 2.24) is 14.5 Å². The molecule has 5 rings (SSSR count). The number of hydrogen-bond donors (Lipinski definition) is 1. The monoisotopic (exact) mass is 584 g/mol. The van der Waals surface area contributed by atoms with Crippen molar-refractivity contribution in [2.24, 2.45) is 0 Å². The fourth-order valence-electron chi connectivity index (χ4n) is 4.83. The summed E-state index contributed by atoms with van der Waals surface area (Å²) in [6, 6.07) is 21.8. The van der Waals surface area contributed by atoms with Gasteiger partial charge >= 0.3 is 0 Å². The van der Waals surface area contributed by atoms with Gasteiger partial charge in [-0.2, -0.15) is 5.26 Å². The first-order chi connectivity index (χ1) is 20.9. The number of methoxy groups -OCH3 is 2. The third-order valence-electron chi connectivity index (χ3n) is 7.17. The molecule has 1 atom stereocenters. The molecule has 0 aliphatic heterocycles. The largest absolute Gasteiger partial charge is 0.473 e. The average Bonchev–Trinajstić information content (AvgIpc) is 3.37. The van der Waals surface area contributed by atoms with Gasteiger partial charge in [0, 0.05) is 44.4 Å². The maximum absolute atomic E-state index is 15.5. The second-order valence-electron chi connectivity index (χ2n) is 9.88. The van der Waals surface area contributed by atoms with E-state index in [1.807, 2.05) is 28.8 Å². The zero-order chi connectivity index (χ0) is 30.3. The fraction of sp³-hybridized carbons (Fsp3) is 0.242. The second-order valence-corrected chi connectivity index (χ2v) is 9.88. The number of nitriles is 1. The number of aliphatic hydroxyl groups is 1. The van der Waals surface area contributed by atoms with E-state index in [1.165, 1.54) is 18.2 Å². The topological polar surface area (TPSA) is 102 Å². The van der Waals surface area contributed by atoms with E-state index < -0.39 is 17.7 Å². The lowest BCUT2D eigenvalue weighted by Gasteiger charge is -2.14. The lowest BCUT2D eigenvalue weighted by Crippen LogP contribution is -2.10. The molecule has 1 N–H and O–H groups in total. The molecule has 43 heavy (non-hydrogen) atoms. The molecule has 8 nitrogen and oxygen atoms in total. The molecule has 0 aliphatic rings. The van der Waals surface area contributed by atoms with Crippen molar-refractivity contribution >= 4 is 11.0 Å². The van der Waals surface area contributed by atoms with Crippen LogP contribution in [0, 0.1) is 23.0 Å². The summed E-state index contributed by atoms with van der Waals surface area (Å²) in [5.41, 5.74) is 4.46. The van der Waals surface area contributed by atoms with Gasteiger partial charge in [-0.3, -0.25) is 0 Å². The molecule has 0 saturated carbocycles. The van der Waals surface area contributed by atoms with Crippen molar-refractivity contribution in [2.75, 3.05) is 27.4 Å². The molecule has 220 valence electrons. The Labute approximate surface area is 247 Å². The third kappa shape index (κ3) is 6.70. The van der Waals surface area contributed by atoms with E-state index >= 15 is 4.39 Å². The first kappa shape index (κ1) is 29.8. The maximum Gasteiger partial charge on any atom is 0.214 e. The quantitative estimate of drug-likeness (QED) is 0.199. The number of ether oxygens (including phenoxy) is 3. The molecule has 0 aliphatic carbocycles. The number of aromatic nitrogens is 3. The van der Waals surface area contributed by atoms with Crippen molar-refractivity contribution in [3.05, 3.63) is 113 Å². The molecule has 5 aromatic rings. The first-order valence-corrected chi connectivity index (χ1v) is 13.6. The summed E-state index contributed by atoms with van der Waals surface area (Å²) < 4.78 is 48.1. The summed E-state index contributed by atoms with van der Waals surface area (Å²) in [6.07, 6.45) is -0.210. The Morgan fingerprint density at radius 1 is 0.953 bits per heavy atom. The van der Waals surface area contributed by atoms with Gasteiger partial charge in [-0.15, -0.1) is 0 Å². The Morgan fingerprint density at radius 2 is 1.77 bits per heavy atom. The maximum atomic E-state index is 15.5. The van der Waals surface area contributed by atoms with Gasteiger partial charge in [0.15, 0.2) is 0 Å². The summed E-state index contributed by atoms with van der Waals surface area (Å²) in [7, 11) is 3.16. The third-order valence-corrected chi connectivity index (χ3v) is 7.17. The minimum Gasteiger partial charge on any atom is -0.473 e. The summed E-state index contributed by atoms with van der Waals surface area (Å²) in [4.78, 5) is 9.24. The van der Waals surface area contributed by atoms with Gasteiger partial charge in [0.05, 0.1) is 41.6 Å². The molecule has 2 aromatic heterocycles. The predicted molar refractivity (Wildman–Crippen MR) is 156 cm³/mol. The van der Waals surface area contributed by atoms with Crippen LogP contribution >= 0.6 is 0 Å². The first-order valence-electron chi connectivity index (χ1n) is 13.6. The minimum absolute atomic E-state index is 0.0705. The Morgan fingerprint density at radius 3 is 2.49 bits per heavy atom. The lowest BCUT2D eigenvalue weighted by atomic mass is 10.1. The summed E-state index contributed by atoms with van der Waals surface area (Å²) >= 11 is 0. The van der Waals surface area contributed by atoms with Crippen LogP contribution in [-0.2, 0) is 29.0 Å². The van der Waals surface area contributed by atoms with E-state index in [1.54, 1.807) is 44.6 Å². The van der Waals surface area contributed by atoms with Crippen LogP contribution in [0.4, 0.5) is 8.78 Å². The van der Waals surface area contributed by atoms with Crippen LogP contribution in [0.25, 0.3) is 22.3 Å². The number of benzene rings is 3. The smallest absolute Gasteiger partial charge is 0.214 e. The highest BCUT2D eigenvalue weighted by Crippen LogP contribution is 2.27. The van der Waals surface area contributed by atoms with Gasteiger partial charge in [0.1, 0.15) is 30.2 Å². The van der Waals surface area contributed by atoms with E-state index in [4.69, 9.17) is 24.5 Å². The van der Waals surface area contributed by atoms with E-state index in [-0.39, 0.29) is 31.1 Å². The Bertz CT molecular complexity index is 1780. The molecule has 2 heterocycles. The fourth-order valence-corrected chi connectivity index (χ4v) is 4.83. The zero-order valence-electron chi connectivity index (χ0n) is 23.8. The minimum atomic E-state index is -0.534. The van der Waals surface area contributed by atoms with Crippen molar-refractivity contribution in [2.45, 2.75) is 25.7 Å². The Kier molecular flexibility index (Phi) is 9.37. The number of rotatable bonds is 12. The molecular formula is C33H30F2N4O4. The number of hydrogen-bond acceptors (Lipinski definition) is 7. The van der Waals surface area contributed by atoms with Crippen LogP contribution in [0.1, 0.15) is 34.2 Å². The van der Waals surface area contributed by atoms with Crippen molar-refractivity contribution in [3.8, 4) is 23.2 Å². The Balaban J connectivity index is 1.37. The number of halogens is 2. The summed E-state index contributed by atoms with van der Waals surface area (Å²) in [5, 5.41) is 18.6. The van der Waals surface area contributed by atoms with Crippen LogP contribution in [-0.4, -0.2) is 47.1 Å². The molecule has 1 unspecified atom stereocenters. The number of aliphatic hydroxyl groups excluding tert-OH is 1. The number of pyridine rings is 1. The molecule has 0 fully saturated rings. The normalized spacial score (nSPS) is 11.9.